The monoisotopic (exact) mass is 538 g/mol. The average molecular weight is 539 g/mol. The Bertz CT molecular complexity index is 1160. The fourth-order valence-corrected chi connectivity index (χ4v) is 5.90. The van der Waals surface area contributed by atoms with E-state index in [1.165, 1.54) is 51.4 Å². The Kier molecular flexibility index (Phi) is 9.72. The number of para-hydroxylation sites is 2. The van der Waals surface area contributed by atoms with Crippen LogP contribution in [-0.4, -0.2) is 23.9 Å². The number of nitrogens with one attached hydrogen (secondary N) is 4. The van der Waals surface area contributed by atoms with Crippen LogP contribution in [0, 0.1) is 0 Å². The number of carbonyl (C=O) groups is 2. The van der Waals surface area contributed by atoms with Crippen LogP contribution in [0.1, 0.15) is 97.8 Å². The molecule has 40 heavy (non-hydrogen) atoms. The Labute approximate surface area is 238 Å². The number of hydrogen-bond acceptors (Lipinski definition) is 4. The summed E-state index contributed by atoms with van der Waals surface area (Å²) in [6.07, 6.45) is 14.0. The van der Waals surface area contributed by atoms with E-state index in [4.69, 9.17) is 0 Å². The van der Waals surface area contributed by atoms with Crippen molar-refractivity contribution in [2.45, 2.75) is 89.1 Å². The summed E-state index contributed by atoms with van der Waals surface area (Å²) in [5.41, 5.74) is 4.66. The van der Waals surface area contributed by atoms with Gasteiger partial charge < -0.3 is 21.3 Å². The van der Waals surface area contributed by atoms with Gasteiger partial charge in [-0.1, -0.05) is 75.6 Å². The van der Waals surface area contributed by atoms with Gasteiger partial charge in [0.05, 0.1) is 22.5 Å². The lowest BCUT2D eigenvalue weighted by Gasteiger charge is -2.19. The molecule has 3 aromatic rings. The lowest BCUT2D eigenvalue weighted by molar-refractivity contribution is 0.0925. The molecule has 0 unspecified atom stereocenters. The molecule has 2 aliphatic carbocycles. The lowest BCUT2D eigenvalue weighted by atomic mass is 10.1. The maximum atomic E-state index is 13.1. The van der Waals surface area contributed by atoms with Gasteiger partial charge in [-0.3, -0.25) is 9.59 Å². The molecule has 0 atom stereocenters. The van der Waals surface area contributed by atoms with Crippen LogP contribution in [0.25, 0.3) is 0 Å². The Morgan fingerprint density at radius 3 is 1.20 bits per heavy atom. The fraction of sp³-hybridized carbons (Fsp3) is 0.412. The summed E-state index contributed by atoms with van der Waals surface area (Å²) in [5, 5.41) is 13.4. The zero-order chi connectivity index (χ0) is 27.6. The predicted molar refractivity (Wildman–Crippen MR) is 164 cm³/mol. The summed E-state index contributed by atoms with van der Waals surface area (Å²) in [6, 6.07) is 23.8. The van der Waals surface area contributed by atoms with E-state index < -0.39 is 0 Å². The second-order valence-corrected chi connectivity index (χ2v) is 11.2. The minimum Gasteiger partial charge on any atom is -0.355 e. The first kappa shape index (κ1) is 27.8. The van der Waals surface area contributed by atoms with Crippen molar-refractivity contribution in [2.24, 2.45) is 0 Å². The molecule has 5 rings (SSSR count). The molecule has 2 amide bonds. The summed E-state index contributed by atoms with van der Waals surface area (Å²) in [6.45, 7) is 0. The zero-order valence-electron chi connectivity index (χ0n) is 23.4. The molecule has 0 aromatic heterocycles. The molecule has 0 bridgehead atoms. The van der Waals surface area contributed by atoms with Gasteiger partial charge in [0.15, 0.2) is 0 Å². The highest BCUT2D eigenvalue weighted by molar-refractivity contribution is 6.01. The van der Waals surface area contributed by atoms with Gasteiger partial charge in [-0.05, 0) is 74.2 Å². The third-order valence-electron chi connectivity index (χ3n) is 8.17. The molecule has 3 aromatic carbocycles. The summed E-state index contributed by atoms with van der Waals surface area (Å²) in [7, 11) is 0. The molecular formula is C34H42N4O2. The molecule has 210 valence electrons. The third-order valence-corrected chi connectivity index (χ3v) is 8.17. The second kappa shape index (κ2) is 14.0. The van der Waals surface area contributed by atoms with Gasteiger partial charge in [-0.15, -0.1) is 0 Å². The fourth-order valence-electron chi connectivity index (χ4n) is 5.90. The summed E-state index contributed by atoms with van der Waals surface area (Å²) >= 11 is 0. The molecule has 4 N–H and O–H groups in total. The van der Waals surface area contributed by atoms with Crippen molar-refractivity contribution in [1.29, 1.82) is 0 Å². The van der Waals surface area contributed by atoms with E-state index in [9.17, 15) is 9.59 Å². The summed E-state index contributed by atoms with van der Waals surface area (Å²) in [5.74, 6) is -0.0426. The topological polar surface area (TPSA) is 82.3 Å². The molecular weight excluding hydrogens is 496 g/mol. The number of hydrogen-bond donors (Lipinski definition) is 4. The summed E-state index contributed by atoms with van der Waals surface area (Å²) < 4.78 is 0. The minimum absolute atomic E-state index is 0.0213. The van der Waals surface area contributed by atoms with Gasteiger partial charge in [-0.25, -0.2) is 0 Å². The van der Waals surface area contributed by atoms with Crippen molar-refractivity contribution in [1.82, 2.24) is 10.6 Å². The molecule has 0 radical (unpaired) electrons. The highest BCUT2D eigenvalue weighted by Crippen LogP contribution is 2.26. The maximum absolute atomic E-state index is 13.1. The van der Waals surface area contributed by atoms with E-state index in [1.54, 1.807) is 0 Å². The highest BCUT2D eigenvalue weighted by Gasteiger charge is 2.19. The van der Waals surface area contributed by atoms with Crippen molar-refractivity contribution >= 4 is 34.6 Å². The van der Waals surface area contributed by atoms with Crippen LogP contribution in [-0.2, 0) is 0 Å². The Hall–Kier alpha value is -3.80. The van der Waals surface area contributed by atoms with E-state index in [1.807, 2.05) is 72.8 Å². The molecule has 6 nitrogen and oxygen atoms in total. The lowest BCUT2D eigenvalue weighted by Crippen LogP contribution is -2.34. The smallest absolute Gasteiger partial charge is 0.253 e. The van der Waals surface area contributed by atoms with Gasteiger partial charge in [0.1, 0.15) is 0 Å². The van der Waals surface area contributed by atoms with Crippen LogP contribution in [0.5, 0.6) is 0 Å². The minimum atomic E-state index is -0.0213. The molecule has 2 saturated carbocycles. The van der Waals surface area contributed by atoms with Crippen molar-refractivity contribution in [2.75, 3.05) is 10.6 Å². The van der Waals surface area contributed by atoms with Crippen molar-refractivity contribution in [3.05, 3.63) is 83.9 Å². The van der Waals surface area contributed by atoms with Gasteiger partial charge in [0.2, 0.25) is 0 Å². The molecule has 0 saturated heterocycles. The van der Waals surface area contributed by atoms with Gasteiger partial charge in [-0.2, -0.15) is 0 Å². The first-order valence-corrected chi connectivity index (χ1v) is 15.1. The highest BCUT2D eigenvalue weighted by atomic mass is 16.2. The van der Waals surface area contributed by atoms with Crippen molar-refractivity contribution in [3.8, 4) is 0 Å². The van der Waals surface area contributed by atoms with Crippen LogP contribution in [0.3, 0.4) is 0 Å². The van der Waals surface area contributed by atoms with Crippen LogP contribution >= 0.6 is 0 Å². The number of anilines is 4. The Morgan fingerprint density at radius 2 is 0.825 bits per heavy atom. The molecule has 0 heterocycles. The largest absolute Gasteiger partial charge is 0.355 e. The van der Waals surface area contributed by atoms with E-state index >= 15 is 0 Å². The predicted octanol–water partition coefficient (Wildman–Crippen LogP) is 8.08. The molecule has 6 heteroatoms. The first-order chi connectivity index (χ1) is 19.7. The second-order valence-electron chi connectivity index (χ2n) is 11.2. The standard InChI is InChI=1S/C34H42N4O2/c39-33(37-25-13-5-1-2-6-14-25)29-17-9-11-19-31(29)35-27-21-23-28(24-22-27)36-32-20-12-10-18-30(32)34(40)38-26-15-7-3-4-8-16-26/h9-12,17-26,35-36H,1-8,13-16H2,(H,37,39)(H,38,40). The summed E-state index contributed by atoms with van der Waals surface area (Å²) in [4.78, 5) is 26.3. The van der Waals surface area contributed by atoms with Gasteiger partial charge in [0, 0.05) is 23.5 Å². The first-order valence-electron chi connectivity index (χ1n) is 15.1. The normalized spacial score (nSPS) is 16.8. The maximum Gasteiger partial charge on any atom is 0.253 e. The number of carbonyl (C=O) groups excluding carboxylic acids is 2. The van der Waals surface area contributed by atoms with E-state index in [2.05, 4.69) is 21.3 Å². The number of benzene rings is 3. The van der Waals surface area contributed by atoms with Crippen LogP contribution in [0.2, 0.25) is 0 Å². The number of rotatable bonds is 8. The Morgan fingerprint density at radius 1 is 0.475 bits per heavy atom. The van der Waals surface area contributed by atoms with Crippen LogP contribution < -0.4 is 21.3 Å². The van der Waals surface area contributed by atoms with Crippen molar-refractivity contribution < 1.29 is 9.59 Å². The van der Waals surface area contributed by atoms with E-state index in [-0.39, 0.29) is 23.9 Å². The average Bonchev–Trinajstić information content (AvgIpc) is 3.40. The van der Waals surface area contributed by atoms with Gasteiger partial charge in [0.25, 0.3) is 11.8 Å². The molecule has 0 aliphatic heterocycles. The van der Waals surface area contributed by atoms with Gasteiger partial charge >= 0.3 is 0 Å². The SMILES string of the molecule is O=C(NC1CCCCCC1)c1ccccc1Nc1ccc(Nc2ccccc2C(=O)NC2CCCCCC2)cc1. The molecule has 0 spiro atoms. The Balaban J connectivity index is 1.22. The molecule has 2 fully saturated rings. The quantitative estimate of drug-likeness (QED) is 0.219. The van der Waals surface area contributed by atoms with Crippen LogP contribution in [0.15, 0.2) is 72.8 Å². The third kappa shape index (κ3) is 7.65. The van der Waals surface area contributed by atoms with E-state index in [0.717, 1.165) is 48.4 Å². The molecule has 2 aliphatic rings. The van der Waals surface area contributed by atoms with Crippen molar-refractivity contribution in [3.63, 3.8) is 0 Å². The number of amides is 2. The van der Waals surface area contributed by atoms with E-state index in [0.29, 0.717) is 11.1 Å². The van der Waals surface area contributed by atoms with Crippen LogP contribution in [0.4, 0.5) is 22.7 Å². The zero-order valence-corrected chi connectivity index (χ0v) is 23.4.